The smallest absolute Gasteiger partial charge is 0.217 e. The third-order valence-electron chi connectivity index (χ3n) is 8.83. The molecule has 0 bridgehead atoms. The Morgan fingerprint density at radius 1 is 0.542 bits per heavy atom. The Bertz CT molecular complexity index is 1030. The van der Waals surface area contributed by atoms with Gasteiger partial charge in [0, 0.05) is 6.92 Å². The molecule has 48 heavy (non-hydrogen) atoms. The zero-order chi connectivity index (χ0) is 35.6. The van der Waals surface area contributed by atoms with Gasteiger partial charge in [-0.3, -0.25) is 4.79 Å². The van der Waals surface area contributed by atoms with Crippen molar-refractivity contribution in [2.75, 3.05) is 19.8 Å². The molecule has 0 aromatic heterocycles. The van der Waals surface area contributed by atoms with Gasteiger partial charge in [0.25, 0.3) is 0 Å². The normalized spacial score (nSPS) is 50.2. The third kappa shape index (κ3) is 8.10. The van der Waals surface area contributed by atoms with Crippen LogP contribution in [-0.4, -0.2) is 210 Å². The zero-order valence-electron chi connectivity index (χ0n) is 26.0. The lowest BCUT2D eigenvalue weighted by atomic mass is 9.94. The Balaban J connectivity index is 1.74. The number of carbonyl (C=O) groups is 1. The average molecular weight is 706 g/mol. The maximum atomic E-state index is 12.0. The van der Waals surface area contributed by atoms with Crippen LogP contribution in [0.15, 0.2) is 0 Å². The molecule has 21 nitrogen and oxygen atoms in total. The standard InChI is InChI=1S/C27H47NO20/c1-3-8-13(33)17(37)20(40)26(43-8)48-23-22(47-25-12(28-7(2)32)16(36)14(34)9(4-29)44-25)15(35)10(5-30)45-27(23)46-21-11(6-31)42-24(41)19(39)18(21)38/h8-27,29-31,33-41H,3-6H2,1-2H3,(H,28,32)/t8-,9+,10+,11+,12+,13+,14-,15-,16+,17+,18+,19+,20-,21+,22-,23+,24-,25+,26-,27-/m0/s1. The Hall–Kier alpha value is -1.29. The molecule has 280 valence electrons. The summed E-state index contributed by atoms with van der Waals surface area (Å²) in [6, 6.07) is -1.54. The summed E-state index contributed by atoms with van der Waals surface area (Å²) in [5, 5.41) is 127. The maximum Gasteiger partial charge on any atom is 0.217 e. The van der Waals surface area contributed by atoms with Crippen LogP contribution in [0, 0.1) is 0 Å². The molecule has 4 aliphatic heterocycles. The van der Waals surface area contributed by atoms with Crippen molar-refractivity contribution in [3.05, 3.63) is 0 Å². The SMILES string of the molecule is CC[C@@H]1O[C@@H](O[C@H]2[C@H](O[C@H]3[C@H](O)[C@@H](O)[C@@H](O)O[C@@H]3CO)O[C@H](CO)[C@H](O)[C@@H]2O[C@H]2O[C@H](CO)[C@H](O)[C@H](O)[C@H]2NC(C)=O)[C@@H](O)[C@H](O)[C@@H]1O. The first-order chi connectivity index (χ1) is 22.7. The van der Waals surface area contributed by atoms with Crippen LogP contribution in [0.2, 0.25) is 0 Å². The van der Waals surface area contributed by atoms with Gasteiger partial charge in [-0.1, -0.05) is 6.92 Å². The highest BCUT2D eigenvalue weighted by Gasteiger charge is 2.56. The number of ether oxygens (including phenoxy) is 7. The van der Waals surface area contributed by atoms with E-state index in [0.29, 0.717) is 0 Å². The summed E-state index contributed by atoms with van der Waals surface area (Å²) < 4.78 is 40.0. The fourth-order valence-electron chi connectivity index (χ4n) is 6.10. The molecule has 0 saturated carbocycles. The van der Waals surface area contributed by atoms with Gasteiger partial charge < -0.3 is 99.8 Å². The predicted octanol–water partition coefficient (Wildman–Crippen LogP) is -8.19. The Kier molecular flexibility index (Phi) is 13.8. The summed E-state index contributed by atoms with van der Waals surface area (Å²) in [7, 11) is 0. The fraction of sp³-hybridized carbons (Fsp3) is 0.963. The number of amides is 1. The molecule has 4 saturated heterocycles. The number of aliphatic hydroxyl groups excluding tert-OH is 12. The third-order valence-corrected chi connectivity index (χ3v) is 8.83. The van der Waals surface area contributed by atoms with Crippen LogP contribution in [0.25, 0.3) is 0 Å². The van der Waals surface area contributed by atoms with Gasteiger partial charge in [0.2, 0.25) is 5.91 Å². The van der Waals surface area contributed by atoms with Gasteiger partial charge in [-0.05, 0) is 6.42 Å². The summed E-state index contributed by atoms with van der Waals surface area (Å²) in [6.07, 6.45) is -32.8. The Labute approximate surface area is 273 Å². The summed E-state index contributed by atoms with van der Waals surface area (Å²) in [5.74, 6) is -0.709. The van der Waals surface area contributed by atoms with E-state index in [1.807, 2.05) is 0 Å². The number of hydrogen-bond donors (Lipinski definition) is 13. The summed E-state index contributed by atoms with van der Waals surface area (Å²) in [6.45, 7) is 0.0877. The van der Waals surface area contributed by atoms with E-state index in [2.05, 4.69) is 5.32 Å². The van der Waals surface area contributed by atoms with Gasteiger partial charge in [0.15, 0.2) is 25.2 Å². The van der Waals surface area contributed by atoms with Crippen molar-refractivity contribution < 1.29 is 99.2 Å². The summed E-state index contributed by atoms with van der Waals surface area (Å²) >= 11 is 0. The first-order valence-electron chi connectivity index (χ1n) is 15.5. The number of hydrogen-bond acceptors (Lipinski definition) is 20. The van der Waals surface area contributed by atoms with Gasteiger partial charge in [-0.2, -0.15) is 0 Å². The molecule has 21 heteroatoms. The quantitative estimate of drug-likeness (QED) is 0.0949. The molecule has 20 atom stereocenters. The van der Waals surface area contributed by atoms with E-state index in [-0.39, 0.29) is 6.42 Å². The average Bonchev–Trinajstić information content (AvgIpc) is 3.06. The van der Waals surface area contributed by atoms with E-state index in [0.717, 1.165) is 6.92 Å². The molecule has 0 aliphatic carbocycles. The maximum absolute atomic E-state index is 12.0. The van der Waals surface area contributed by atoms with E-state index >= 15 is 0 Å². The van der Waals surface area contributed by atoms with Crippen LogP contribution in [0.1, 0.15) is 20.3 Å². The highest BCUT2D eigenvalue weighted by Crippen LogP contribution is 2.36. The second kappa shape index (κ2) is 16.8. The van der Waals surface area contributed by atoms with Crippen LogP contribution >= 0.6 is 0 Å². The van der Waals surface area contributed by atoms with Crippen molar-refractivity contribution in [1.82, 2.24) is 5.32 Å². The van der Waals surface area contributed by atoms with Gasteiger partial charge >= 0.3 is 0 Å². The molecule has 0 unspecified atom stereocenters. The van der Waals surface area contributed by atoms with Crippen molar-refractivity contribution >= 4 is 5.91 Å². The van der Waals surface area contributed by atoms with Crippen molar-refractivity contribution in [1.29, 1.82) is 0 Å². The lowest BCUT2D eigenvalue weighted by Gasteiger charge is -2.50. The van der Waals surface area contributed by atoms with Crippen LogP contribution in [0.3, 0.4) is 0 Å². The highest BCUT2D eigenvalue weighted by atomic mass is 16.8. The van der Waals surface area contributed by atoms with Gasteiger partial charge in [-0.25, -0.2) is 0 Å². The van der Waals surface area contributed by atoms with Crippen molar-refractivity contribution in [3.8, 4) is 0 Å². The minimum absolute atomic E-state index is 0.127. The number of rotatable bonds is 11. The van der Waals surface area contributed by atoms with Gasteiger partial charge in [-0.15, -0.1) is 0 Å². The molecule has 0 radical (unpaired) electrons. The second-order valence-corrected chi connectivity index (χ2v) is 12.1. The minimum Gasteiger partial charge on any atom is -0.394 e. The van der Waals surface area contributed by atoms with Gasteiger partial charge in [0.05, 0.1) is 25.9 Å². The van der Waals surface area contributed by atoms with E-state index < -0.39 is 148 Å². The largest absolute Gasteiger partial charge is 0.394 e. The van der Waals surface area contributed by atoms with Crippen LogP contribution in [-0.2, 0) is 38.0 Å². The molecular weight excluding hydrogens is 658 g/mol. The van der Waals surface area contributed by atoms with Crippen molar-refractivity contribution in [2.24, 2.45) is 0 Å². The monoisotopic (exact) mass is 705 g/mol. The van der Waals surface area contributed by atoms with Crippen LogP contribution in [0.4, 0.5) is 0 Å². The molecule has 13 N–H and O–H groups in total. The lowest BCUT2D eigenvalue weighted by Crippen LogP contribution is -2.69. The topological polar surface area (TPSA) is 336 Å². The zero-order valence-corrected chi connectivity index (χ0v) is 26.0. The minimum atomic E-state index is -1.95. The molecule has 1 amide bonds. The van der Waals surface area contributed by atoms with Crippen LogP contribution in [0.5, 0.6) is 0 Å². The van der Waals surface area contributed by atoms with Crippen molar-refractivity contribution in [3.63, 3.8) is 0 Å². The molecule has 4 rings (SSSR count). The molecular formula is C27H47NO20. The van der Waals surface area contributed by atoms with E-state index in [9.17, 15) is 66.1 Å². The Morgan fingerprint density at radius 3 is 1.65 bits per heavy atom. The summed E-state index contributed by atoms with van der Waals surface area (Å²) in [4.78, 5) is 12.0. The number of aliphatic hydroxyl groups is 12. The summed E-state index contributed by atoms with van der Waals surface area (Å²) in [5.41, 5.74) is 0. The molecule has 0 aromatic rings. The molecule has 4 fully saturated rings. The predicted molar refractivity (Wildman–Crippen MR) is 149 cm³/mol. The Morgan fingerprint density at radius 2 is 1.06 bits per heavy atom. The first kappa shape index (κ1) is 39.5. The molecule has 4 aliphatic rings. The first-order valence-corrected chi connectivity index (χ1v) is 15.5. The van der Waals surface area contributed by atoms with E-state index in [1.165, 1.54) is 0 Å². The van der Waals surface area contributed by atoms with E-state index in [1.54, 1.807) is 6.92 Å². The van der Waals surface area contributed by atoms with E-state index in [4.69, 9.17) is 33.2 Å². The molecule has 0 spiro atoms. The van der Waals surface area contributed by atoms with Crippen molar-refractivity contribution in [2.45, 2.75) is 143 Å². The number of carbonyl (C=O) groups excluding carboxylic acids is 1. The fourth-order valence-corrected chi connectivity index (χ4v) is 6.10. The number of nitrogens with one attached hydrogen (secondary N) is 1. The molecule has 4 heterocycles. The van der Waals surface area contributed by atoms with Gasteiger partial charge in [0.1, 0.15) is 91.5 Å². The van der Waals surface area contributed by atoms with Crippen LogP contribution < -0.4 is 5.32 Å². The second-order valence-electron chi connectivity index (χ2n) is 12.1. The highest BCUT2D eigenvalue weighted by molar-refractivity contribution is 5.73. The molecule has 0 aromatic carbocycles. The lowest BCUT2D eigenvalue weighted by molar-refractivity contribution is -0.401.